The van der Waals surface area contributed by atoms with Gasteiger partial charge in [-0.1, -0.05) is 26.0 Å². The molecule has 2 aromatic carbocycles. The fourth-order valence-electron chi connectivity index (χ4n) is 4.79. The minimum atomic E-state index is -0.244. The number of hydrogen-bond donors (Lipinski definition) is 0. The largest absolute Gasteiger partial charge is 0.495 e. The number of nitrogens with zero attached hydrogens (tertiary/aromatic N) is 2. The van der Waals surface area contributed by atoms with Gasteiger partial charge in [-0.3, -0.25) is 4.79 Å². The summed E-state index contributed by atoms with van der Waals surface area (Å²) < 4.78 is 26.9. The summed E-state index contributed by atoms with van der Waals surface area (Å²) in [6, 6.07) is 12.2. The molecule has 1 saturated heterocycles. The van der Waals surface area contributed by atoms with Crippen molar-refractivity contribution in [2.75, 3.05) is 26.7 Å². The molecule has 5 nitrogen and oxygen atoms in total. The van der Waals surface area contributed by atoms with Crippen LogP contribution in [0, 0.1) is 11.7 Å². The highest BCUT2D eigenvalue weighted by molar-refractivity contribution is 6.09. The van der Waals surface area contributed by atoms with Crippen molar-refractivity contribution in [2.45, 2.75) is 52.2 Å². The molecule has 2 heterocycles. The predicted octanol–water partition coefficient (Wildman–Crippen LogP) is 5.95. The van der Waals surface area contributed by atoms with Crippen LogP contribution < -0.4 is 9.47 Å². The predicted molar refractivity (Wildman–Crippen MR) is 133 cm³/mol. The van der Waals surface area contributed by atoms with Crippen molar-refractivity contribution >= 4 is 16.7 Å². The third kappa shape index (κ3) is 5.79. The summed E-state index contributed by atoms with van der Waals surface area (Å²) in [5.74, 6) is 1.81. The third-order valence-corrected chi connectivity index (χ3v) is 6.50. The fraction of sp³-hybridized carbons (Fsp3) is 0.464. The summed E-state index contributed by atoms with van der Waals surface area (Å²) in [5.41, 5.74) is 1.80. The van der Waals surface area contributed by atoms with E-state index >= 15 is 0 Å². The monoisotopic (exact) mass is 466 g/mol. The Hall–Kier alpha value is -2.86. The molecule has 4 rings (SSSR count). The number of para-hydroxylation sites is 1. The molecular weight excluding hydrogens is 431 g/mol. The topological polar surface area (TPSA) is 43.7 Å². The van der Waals surface area contributed by atoms with Gasteiger partial charge in [-0.25, -0.2) is 4.39 Å². The molecule has 6 heteroatoms. The minimum Gasteiger partial charge on any atom is -0.495 e. The van der Waals surface area contributed by atoms with Crippen LogP contribution in [0.2, 0.25) is 0 Å². The summed E-state index contributed by atoms with van der Waals surface area (Å²) in [4.78, 5) is 15.4. The number of aryl methyl sites for hydroxylation is 1. The molecule has 0 radical (unpaired) electrons. The molecule has 3 aromatic rings. The Bertz CT molecular complexity index is 1100. The van der Waals surface area contributed by atoms with Crippen molar-refractivity contribution in [2.24, 2.45) is 5.92 Å². The molecule has 0 aliphatic carbocycles. The first-order valence-electron chi connectivity index (χ1n) is 12.3. The minimum absolute atomic E-state index is 0.175. The molecule has 0 N–H and O–H groups in total. The van der Waals surface area contributed by atoms with E-state index in [0.29, 0.717) is 12.3 Å². The second-order valence-corrected chi connectivity index (χ2v) is 9.58. The highest BCUT2D eigenvalue weighted by atomic mass is 19.1. The van der Waals surface area contributed by atoms with Crippen LogP contribution in [0.5, 0.6) is 11.5 Å². The van der Waals surface area contributed by atoms with E-state index in [1.165, 1.54) is 12.1 Å². The van der Waals surface area contributed by atoms with E-state index in [9.17, 15) is 9.18 Å². The number of halogens is 1. The number of aromatic nitrogens is 1. The maximum Gasteiger partial charge on any atom is 0.165 e. The van der Waals surface area contributed by atoms with Gasteiger partial charge < -0.3 is 18.9 Å². The molecule has 34 heavy (non-hydrogen) atoms. The SMILES string of the molecule is COc1cccc2c(C(=O)CC(C)C)cn(CCCN3CCC(Oc4ccc(F)cc4)CC3)c12. The summed E-state index contributed by atoms with van der Waals surface area (Å²) in [7, 11) is 1.68. The molecule has 182 valence electrons. The number of carbonyl (C=O) groups excluding carboxylic acids is 1. The Balaban J connectivity index is 1.35. The number of ketones is 1. The summed E-state index contributed by atoms with van der Waals surface area (Å²) >= 11 is 0. The lowest BCUT2D eigenvalue weighted by molar-refractivity contribution is 0.0969. The smallest absolute Gasteiger partial charge is 0.165 e. The van der Waals surface area contributed by atoms with Crippen LogP contribution in [-0.2, 0) is 6.54 Å². The van der Waals surface area contributed by atoms with Crippen molar-refractivity contribution in [3.63, 3.8) is 0 Å². The Morgan fingerprint density at radius 2 is 1.82 bits per heavy atom. The van der Waals surface area contributed by atoms with Crippen LogP contribution in [0.25, 0.3) is 10.9 Å². The van der Waals surface area contributed by atoms with Gasteiger partial charge in [0.1, 0.15) is 23.4 Å². The zero-order valence-corrected chi connectivity index (χ0v) is 20.4. The molecule has 1 aliphatic heterocycles. The first kappa shape index (κ1) is 24.3. The maximum absolute atomic E-state index is 13.1. The number of benzene rings is 2. The van der Waals surface area contributed by atoms with E-state index in [0.717, 1.165) is 73.4 Å². The van der Waals surface area contributed by atoms with Crippen molar-refractivity contribution in [1.29, 1.82) is 0 Å². The second kappa shape index (κ2) is 11.0. The first-order valence-corrected chi connectivity index (χ1v) is 12.3. The summed E-state index contributed by atoms with van der Waals surface area (Å²) in [6.45, 7) is 7.95. The van der Waals surface area contributed by atoms with E-state index in [2.05, 4.69) is 23.3 Å². The quantitative estimate of drug-likeness (QED) is 0.346. The van der Waals surface area contributed by atoms with Gasteiger partial charge in [0.2, 0.25) is 0 Å². The lowest BCUT2D eigenvalue weighted by Crippen LogP contribution is -2.38. The van der Waals surface area contributed by atoms with Gasteiger partial charge in [0.15, 0.2) is 5.78 Å². The van der Waals surface area contributed by atoms with Crippen LogP contribution >= 0.6 is 0 Å². The molecule has 0 spiro atoms. The Labute approximate surface area is 201 Å². The summed E-state index contributed by atoms with van der Waals surface area (Å²) in [6.07, 6.45) is 5.65. The van der Waals surface area contributed by atoms with E-state index in [1.807, 2.05) is 24.4 Å². The molecular formula is C28H35FN2O3. The summed E-state index contributed by atoms with van der Waals surface area (Å²) in [5, 5.41) is 0.976. The van der Waals surface area contributed by atoms with E-state index in [1.54, 1.807) is 19.2 Å². The van der Waals surface area contributed by atoms with Crippen molar-refractivity contribution in [3.05, 3.63) is 60.0 Å². The number of Topliss-reactive ketones (excluding diaryl/α,β-unsaturated/α-hetero) is 1. The van der Waals surface area contributed by atoms with Gasteiger partial charge >= 0.3 is 0 Å². The average Bonchev–Trinajstić information content (AvgIpc) is 3.20. The van der Waals surface area contributed by atoms with Crippen LogP contribution in [0.1, 0.15) is 49.9 Å². The average molecular weight is 467 g/mol. The molecule has 0 unspecified atom stereocenters. The standard InChI is InChI=1S/C28H35FN2O3/c1-20(2)18-26(32)25-19-31(28-24(25)6-4-7-27(28)33-3)15-5-14-30-16-12-23(13-17-30)34-22-10-8-21(29)9-11-22/h4,6-11,19-20,23H,5,12-18H2,1-3H3. The zero-order chi connectivity index (χ0) is 24.1. The molecule has 0 amide bonds. The number of likely N-dealkylation sites (tertiary alicyclic amines) is 1. The molecule has 0 saturated carbocycles. The molecule has 1 fully saturated rings. The van der Waals surface area contributed by atoms with Crippen LogP contribution in [0.3, 0.4) is 0 Å². The van der Waals surface area contributed by atoms with Gasteiger partial charge in [0.05, 0.1) is 12.6 Å². The Kier molecular flexibility index (Phi) is 7.88. The zero-order valence-electron chi connectivity index (χ0n) is 20.4. The molecule has 1 aromatic heterocycles. The Morgan fingerprint density at radius 3 is 2.50 bits per heavy atom. The van der Waals surface area contributed by atoms with Gasteiger partial charge in [-0.05, 0) is 62.1 Å². The van der Waals surface area contributed by atoms with Gasteiger partial charge in [-0.15, -0.1) is 0 Å². The normalized spacial score (nSPS) is 15.2. The van der Waals surface area contributed by atoms with Crippen molar-refractivity contribution in [1.82, 2.24) is 9.47 Å². The van der Waals surface area contributed by atoms with Crippen molar-refractivity contribution < 1.29 is 18.7 Å². The second-order valence-electron chi connectivity index (χ2n) is 9.58. The van der Waals surface area contributed by atoms with Gasteiger partial charge in [0, 0.05) is 43.2 Å². The number of rotatable bonds is 10. The van der Waals surface area contributed by atoms with Gasteiger partial charge in [0.25, 0.3) is 0 Å². The number of hydrogen-bond acceptors (Lipinski definition) is 4. The first-order chi connectivity index (χ1) is 16.4. The van der Waals surface area contributed by atoms with Crippen molar-refractivity contribution in [3.8, 4) is 11.5 Å². The lowest BCUT2D eigenvalue weighted by Gasteiger charge is -2.32. The Morgan fingerprint density at radius 1 is 1.09 bits per heavy atom. The molecule has 0 atom stereocenters. The van der Waals surface area contributed by atoms with Crippen LogP contribution in [0.4, 0.5) is 4.39 Å². The molecule has 1 aliphatic rings. The molecule has 0 bridgehead atoms. The van der Waals surface area contributed by atoms with Crippen LogP contribution in [-0.4, -0.2) is 48.1 Å². The number of ether oxygens (including phenoxy) is 2. The van der Waals surface area contributed by atoms with E-state index < -0.39 is 0 Å². The van der Waals surface area contributed by atoms with E-state index in [4.69, 9.17) is 9.47 Å². The number of carbonyl (C=O) groups is 1. The number of methoxy groups -OCH3 is 1. The van der Waals surface area contributed by atoms with E-state index in [-0.39, 0.29) is 17.7 Å². The lowest BCUT2D eigenvalue weighted by atomic mass is 10.0. The highest BCUT2D eigenvalue weighted by Crippen LogP contribution is 2.31. The fourth-order valence-corrected chi connectivity index (χ4v) is 4.79. The third-order valence-electron chi connectivity index (χ3n) is 6.50. The number of piperidine rings is 1. The van der Waals surface area contributed by atoms with Crippen LogP contribution in [0.15, 0.2) is 48.7 Å². The maximum atomic E-state index is 13.1. The van der Waals surface area contributed by atoms with Gasteiger partial charge in [-0.2, -0.15) is 0 Å². The number of fused-ring (bicyclic) bond motifs is 1. The highest BCUT2D eigenvalue weighted by Gasteiger charge is 2.21.